The van der Waals surface area contributed by atoms with Crippen LogP contribution in [-0.2, 0) is 27.5 Å². The zero-order valence-electron chi connectivity index (χ0n) is 21.3. The highest BCUT2D eigenvalue weighted by atomic mass is 32.2. The third-order valence-electron chi connectivity index (χ3n) is 8.28. The van der Waals surface area contributed by atoms with Gasteiger partial charge in [0, 0.05) is 54.7 Å². The number of fused-ring (bicyclic) bond motifs is 1. The molecule has 2 aliphatic rings. The molecule has 4 rings (SSSR count). The first-order valence-electron chi connectivity index (χ1n) is 12.9. The van der Waals surface area contributed by atoms with Crippen LogP contribution in [-0.4, -0.2) is 43.6 Å². The first kappa shape index (κ1) is 26.5. The van der Waals surface area contributed by atoms with Gasteiger partial charge in [-0.1, -0.05) is 20.8 Å². The van der Waals surface area contributed by atoms with Gasteiger partial charge in [-0.25, -0.2) is 9.53 Å². The molecule has 0 spiro atoms. The van der Waals surface area contributed by atoms with E-state index in [1.54, 1.807) is 0 Å². The summed E-state index contributed by atoms with van der Waals surface area (Å²) >= 11 is 0. The minimum absolute atomic E-state index is 0.0689. The minimum Gasteiger partial charge on any atom is -0.341 e. The Morgan fingerprint density at radius 2 is 1.71 bits per heavy atom. The average Bonchev–Trinajstić information content (AvgIpc) is 3.10. The van der Waals surface area contributed by atoms with Gasteiger partial charge in [0.2, 0.25) is 0 Å². The van der Waals surface area contributed by atoms with Crippen LogP contribution >= 0.6 is 0 Å². The van der Waals surface area contributed by atoms with E-state index in [0.717, 1.165) is 54.0 Å². The maximum absolute atomic E-state index is 14.1. The molecule has 35 heavy (non-hydrogen) atoms. The quantitative estimate of drug-likeness (QED) is 0.582. The van der Waals surface area contributed by atoms with E-state index in [9.17, 15) is 12.8 Å². The van der Waals surface area contributed by atoms with Crippen LogP contribution in [0.2, 0.25) is 0 Å². The normalized spacial score (nSPS) is 23.3. The number of benzene rings is 1. The van der Waals surface area contributed by atoms with Gasteiger partial charge in [-0.3, -0.25) is 4.18 Å². The fourth-order valence-corrected chi connectivity index (χ4v) is 6.71. The predicted octanol–water partition coefficient (Wildman–Crippen LogP) is 4.24. The molecule has 1 aromatic heterocycles. The Bertz CT molecular complexity index is 1130. The van der Waals surface area contributed by atoms with E-state index in [-0.39, 0.29) is 25.0 Å². The molecule has 2 aromatic rings. The SMILES string of the molecule is CC(C)(C)C1CCC(N2CCC(n3c(CCOS(N)(=O)=O)c(CN)c4cc(F)ccc43)CC2)CC1. The second-order valence-corrected chi connectivity index (χ2v) is 12.6. The lowest BCUT2D eigenvalue weighted by atomic mass is 9.71. The molecule has 1 saturated heterocycles. The van der Waals surface area contributed by atoms with Gasteiger partial charge in [-0.05, 0) is 73.6 Å². The maximum Gasteiger partial charge on any atom is 0.333 e. The number of halogens is 1. The molecular formula is C26H41FN4O3S. The summed E-state index contributed by atoms with van der Waals surface area (Å²) in [6.45, 7) is 9.31. The van der Waals surface area contributed by atoms with E-state index in [4.69, 9.17) is 15.1 Å². The fraction of sp³-hybridized carbons (Fsp3) is 0.692. The maximum atomic E-state index is 14.1. The molecule has 0 unspecified atom stereocenters. The number of nitrogens with zero attached hydrogens (tertiary/aromatic N) is 2. The van der Waals surface area contributed by atoms with E-state index >= 15 is 0 Å². The average molecular weight is 509 g/mol. The molecule has 196 valence electrons. The Labute approximate surface area is 209 Å². The van der Waals surface area contributed by atoms with Crippen molar-refractivity contribution in [2.45, 2.75) is 84.3 Å². The van der Waals surface area contributed by atoms with Crippen molar-refractivity contribution >= 4 is 21.2 Å². The summed E-state index contributed by atoms with van der Waals surface area (Å²) in [5.41, 5.74) is 9.20. The van der Waals surface area contributed by atoms with Crippen LogP contribution in [0.3, 0.4) is 0 Å². The molecule has 0 bridgehead atoms. The van der Waals surface area contributed by atoms with Gasteiger partial charge < -0.3 is 15.2 Å². The smallest absolute Gasteiger partial charge is 0.333 e. The first-order chi connectivity index (χ1) is 16.5. The van der Waals surface area contributed by atoms with Crippen molar-refractivity contribution in [2.75, 3.05) is 19.7 Å². The lowest BCUT2D eigenvalue weighted by molar-refractivity contribution is 0.0719. The van der Waals surface area contributed by atoms with Gasteiger partial charge in [0.1, 0.15) is 5.82 Å². The first-order valence-corrected chi connectivity index (χ1v) is 14.4. The Hall–Kier alpha value is -1.52. The molecule has 7 nitrogen and oxygen atoms in total. The molecule has 0 amide bonds. The van der Waals surface area contributed by atoms with E-state index in [2.05, 4.69) is 30.2 Å². The molecule has 0 atom stereocenters. The second kappa shape index (κ2) is 10.5. The van der Waals surface area contributed by atoms with Gasteiger partial charge in [0.15, 0.2) is 0 Å². The number of piperidine rings is 1. The third kappa shape index (κ3) is 6.07. The Balaban J connectivity index is 1.52. The van der Waals surface area contributed by atoms with Crippen molar-refractivity contribution in [2.24, 2.45) is 22.2 Å². The van der Waals surface area contributed by atoms with E-state index < -0.39 is 10.3 Å². The molecule has 1 aliphatic heterocycles. The lowest BCUT2D eigenvalue weighted by Crippen LogP contribution is -2.44. The topological polar surface area (TPSA) is 104 Å². The van der Waals surface area contributed by atoms with Crippen molar-refractivity contribution in [3.63, 3.8) is 0 Å². The largest absolute Gasteiger partial charge is 0.341 e. The van der Waals surface area contributed by atoms with E-state index in [0.29, 0.717) is 17.9 Å². The number of hydrogen-bond donors (Lipinski definition) is 2. The van der Waals surface area contributed by atoms with Gasteiger partial charge in [-0.2, -0.15) is 8.42 Å². The number of hydrogen-bond acceptors (Lipinski definition) is 5. The van der Waals surface area contributed by atoms with Gasteiger partial charge in [0.05, 0.1) is 6.61 Å². The molecule has 9 heteroatoms. The number of nitrogens with two attached hydrogens (primary N) is 2. The Kier molecular flexibility index (Phi) is 7.93. The van der Waals surface area contributed by atoms with Crippen LogP contribution in [0.4, 0.5) is 4.39 Å². The van der Waals surface area contributed by atoms with Crippen LogP contribution in [0.5, 0.6) is 0 Å². The molecule has 4 N–H and O–H groups in total. The monoisotopic (exact) mass is 508 g/mol. The number of likely N-dealkylation sites (tertiary alicyclic amines) is 1. The van der Waals surface area contributed by atoms with E-state index in [1.807, 2.05) is 6.07 Å². The molecule has 2 fully saturated rings. The molecule has 2 heterocycles. The molecule has 1 aromatic carbocycles. The van der Waals surface area contributed by atoms with Crippen LogP contribution in [0, 0.1) is 17.2 Å². The van der Waals surface area contributed by atoms with Crippen LogP contribution in [0.15, 0.2) is 18.2 Å². The summed E-state index contributed by atoms with van der Waals surface area (Å²) in [7, 11) is -4.03. The summed E-state index contributed by atoms with van der Waals surface area (Å²) in [4.78, 5) is 2.66. The van der Waals surface area contributed by atoms with Crippen molar-refractivity contribution in [3.05, 3.63) is 35.3 Å². The van der Waals surface area contributed by atoms with Gasteiger partial charge in [-0.15, -0.1) is 0 Å². The highest BCUT2D eigenvalue weighted by Crippen LogP contribution is 2.41. The lowest BCUT2D eigenvalue weighted by Gasteiger charge is -2.44. The standard InChI is InChI=1S/C26H41FN4O3S/c1-26(2,3)18-4-7-20(8-5-18)30-13-10-21(11-14-30)31-24-9-6-19(27)16-22(24)23(17-28)25(31)12-15-34-35(29,32)33/h6,9,16,18,20-21H,4-5,7-8,10-15,17,28H2,1-3H3,(H2,29,32,33). The second-order valence-electron chi connectivity index (χ2n) is 11.4. The van der Waals surface area contributed by atoms with Crippen LogP contribution in [0.1, 0.15) is 76.6 Å². The summed E-state index contributed by atoms with van der Waals surface area (Å²) in [5.74, 6) is 0.497. The molecule has 1 aliphatic carbocycles. The van der Waals surface area contributed by atoms with Crippen molar-refractivity contribution in [1.82, 2.24) is 9.47 Å². The summed E-state index contributed by atoms with van der Waals surface area (Å²) in [5, 5.41) is 5.82. The molecule has 0 radical (unpaired) electrons. The van der Waals surface area contributed by atoms with Crippen LogP contribution in [0.25, 0.3) is 10.9 Å². The Morgan fingerprint density at radius 3 is 2.29 bits per heavy atom. The van der Waals surface area contributed by atoms with Crippen molar-refractivity contribution in [3.8, 4) is 0 Å². The summed E-state index contributed by atoms with van der Waals surface area (Å²) in [6, 6.07) is 5.73. The third-order valence-corrected chi connectivity index (χ3v) is 8.77. The molecule has 1 saturated carbocycles. The highest BCUT2D eigenvalue weighted by Gasteiger charge is 2.34. The summed E-state index contributed by atoms with van der Waals surface area (Å²) in [6.07, 6.45) is 7.47. The number of aromatic nitrogens is 1. The Morgan fingerprint density at radius 1 is 1.06 bits per heavy atom. The van der Waals surface area contributed by atoms with E-state index in [1.165, 1.54) is 37.8 Å². The van der Waals surface area contributed by atoms with Crippen molar-refractivity contribution < 1.29 is 17.0 Å². The zero-order chi connectivity index (χ0) is 25.4. The highest BCUT2D eigenvalue weighted by molar-refractivity contribution is 7.84. The predicted molar refractivity (Wildman–Crippen MR) is 138 cm³/mol. The van der Waals surface area contributed by atoms with Crippen LogP contribution < -0.4 is 10.9 Å². The number of rotatable bonds is 7. The summed E-state index contributed by atoms with van der Waals surface area (Å²) < 4.78 is 43.8. The van der Waals surface area contributed by atoms with Gasteiger partial charge >= 0.3 is 10.3 Å². The zero-order valence-corrected chi connectivity index (χ0v) is 22.1. The minimum atomic E-state index is -4.03. The van der Waals surface area contributed by atoms with Gasteiger partial charge in [0.25, 0.3) is 0 Å². The molecular weight excluding hydrogens is 467 g/mol. The fourth-order valence-electron chi connectivity index (χ4n) is 6.39. The van der Waals surface area contributed by atoms with Crippen molar-refractivity contribution in [1.29, 1.82) is 0 Å².